The summed E-state index contributed by atoms with van der Waals surface area (Å²) in [6.45, 7) is 2.27. The zero-order valence-electron chi connectivity index (χ0n) is 16.8. The van der Waals surface area contributed by atoms with Crippen molar-refractivity contribution >= 4 is 0 Å². The molecule has 1 saturated carbocycles. The molecule has 3 nitrogen and oxygen atoms in total. The molecule has 0 amide bonds. The van der Waals surface area contributed by atoms with E-state index in [1.54, 1.807) is 6.07 Å². The summed E-state index contributed by atoms with van der Waals surface area (Å²) in [7, 11) is 0. The van der Waals surface area contributed by atoms with Gasteiger partial charge in [0.25, 0.3) is 0 Å². The van der Waals surface area contributed by atoms with Gasteiger partial charge in [-0.05, 0) is 48.4 Å². The van der Waals surface area contributed by atoms with E-state index in [2.05, 4.69) is 16.9 Å². The topological polar surface area (TPSA) is 49.6 Å². The Labute approximate surface area is 168 Å². The maximum atomic E-state index is 13.8. The van der Waals surface area contributed by atoms with Crippen LogP contribution in [0.5, 0.6) is 0 Å². The summed E-state index contributed by atoms with van der Waals surface area (Å²) in [5.74, 6) is 1.76. The molecule has 1 fully saturated rings. The maximum absolute atomic E-state index is 13.8. The van der Waals surface area contributed by atoms with Gasteiger partial charge in [0, 0.05) is 18.0 Å². The lowest BCUT2D eigenvalue weighted by Gasteiger charge is -2.28. The molecule has 2 aromatic rings. The fourth-order valence-electron chi connectivity index (χ4n) is 4.24. The fourth-order valence-corrected chi connectivity index (χ4v) is 4.24. The zero-order valence-corrected chi connectivity index (χ0v) is 16.8. The van der Waals surface area contributed by atoms with Gasteiger partial charge in [-0.1, -0.05) is 58.3 Å². The Morgan fingerprint density at radius 3 is 2.32 bits per heavy atom. The third kappa shape index (κ3) is 5.61. The second kappa shape index (κ2) is 10.3. The Morgan fingerprint density at radius 1 is 1.04 bits per heavy atom. The Morgan fingerprint density at radius 2 is 1.71 bits per heavy atom. The van der Waals surface area contributed by atoms with Gasteiger partial charge in [-0.2, -0.15) is 5.26 Å². The van der Waals surface area contributed by atoms with E-state index < -0.39 is 5.82 Å². The monoisotopic (exact) mass is 379 g/mol. The van der Waals surface area contributed by atoms with Gasteiger partial charge in [0.2, 0.25) is 0 Å². The van der Waals surface area contributed by atoms with Gasteiger partial charge >= 0.3 is 0 Å². The molecule has 28 heavy (non-hydrogen) atoms. The third-order valence-corrected chi connectivity index (χ3v) is 6.08. The van der Waals surface area contributed by atoms with Crippen LogP contribution in [-0.2, 0) is 6.42 Å². The fraction of sp³-hybridized carbons (Fsp3) is 0.542. The lowest BCUT2D eigenvalue weighted by Crippen LogP contribution is -2.15. The molecule has 1 aliphatic rings. The Kier molecular flexibility index (Phi) is 7.54. The highest BCUT2D eigenvalue weighted by Crippen LogP contribution is 2.34. The van der Waals surface area contributed by atoms with Crippen molar-refractivity contribution in [2.45, 2.75) is 71.1 Å². The number of hydrogen-bond donors (Lipinski definition) is 0. The van der Waals surface area contributed by atoms with Crippen molar-refractivity contribution in [2.75, 3.05) is 0 Å². The quantitative estimate of drug-likeness (QED) is 0.494. The van der Waals surface area contributed by atoms with E-state index >= 15 is 0 Å². The van der Waals surface area contributed by atoms with Crippen LogP contribution < -0.4 is 0 Å². The van der Waals surface area contributed by atoms with Crippen molar-refractivity contribution in [3.8, 4) is 17.5 Å². The van der Waals surface area contributed by atoms with E-state index in [-0.39, 0.29) is 5.56 Å². The minimum Gasteiger partial charge on any atom is -0.236 e. The second-order valence-corrected chi connectivity index (χ2v) is 8.14. The van der Waals surface area contributed by atoms with E-state index in [0.29, 0.717) is 11.4 Å². The van der Waals surface area contributed by atoms with Crippen LogP contribution in [-0.4, -0.2) is 9.97 Å². The summed E-state index contributed by atoms with van der Waals surface area (Å²) in [5, 5.41) is 8.82. The van der Waals surface area contributed by atoms with Crippen molar-refractivity contribution in [3.63, 3.8) is 0 Å². The molecule has 0 saturated heterocycles. The van der Waals surface area contributed by atoms with Crippen LogP contribution in [0.2, 0.25) is 0 Å². The molecule has 1 heterocycles. The number of nitrogens with zero attached hydrogens (tertiary/aromatic N) is 3. The summed E-state index contributed by atoms with van der Waals surface area (Å²) in [6.07, 6.45) is 17.0. The van der Waals surface area contributed by atoms with Crippen LogP contribution in [0, 0.1) is 29.0 Å². The first-order valence-electron chi connectivity index (χ1n) is 10.7. The molecular weight excluding hydrogens is 349 g/mol. The van der Waals surface area contributed by atoms with Crippen LogP contribution >= 0.6 is 0 Å². The van der Waals surface area contributed by atoms with Gasteiger partial charge in [0.15, 0.2) is 5.82 Å². The summed E-state index contributed by atoms with van der Waals surface area (Å²) in [4.78, 5) is 8.80. The van der Waals surface area contributed by atoms with Gasteiger partial charge < -0.3 is 0 Å². The van der Waals surface area contributed by atoms with Crippen LogP contribution in [0.4, 0.5) is 4.39 Å². The molecule has 4 heteroatoms. The minimum absolute atomic E-state index is 0.0421. The number of nitriles is 1. The van der Waals surface area contributed by atoms with Crippen molar-refractivity contribution in [1.29, 1.82) is 5.26 Å². The molecule has 1 aromatic carbocycles. The van der Waals surface area contributed by atoms with Gasteiger partial charge in [-0.3, -0.25) is 0 Å². The summed E-state index contributed by atoms with van der Waals surface area (Å²) >= 11 is 0. The highest BCUT2D eigenvalue weighted by Gasteiger charge is 2.20. The van der Waals surface area contributed by atoms with Crippen LogP contribution in [0.15, 0.2) is 30.6 Å². The number of aryl methyl sites for hydroxylation is 1. The average Bonchev–Trinajstić information content (AvgIpc) is 2.74. The smallest absolute Gasteiger partial charge is 0.159 e. The van der Waals surface area contributed by atoms with E-state index in [1.807, 2.05) is 18.5 Å². The number of hydrogen-bond acceptors (Lipinski definition) is 3. The summed E-state index contributed by atoms with van der Waals surface area (Å²) < 4.78 is 13.8. The van der Waals surface area contributed by atoms with E-state index in [9.17, 15) is 4.39 Å². The normalized spacial score (nSPS) is 19.3. The molecule has 0 unspecified atom stereocenters. The summed E-state index contributed by atoms with van der Waals surface area (Å²) in [6, 6.07) is 6.32. The van der Waals surface area contributed by atoms with Crippen LogP contribution in [0.1, 0.15) is 75.8 Å². The number of benzene rings is 1. The average molecular weight is 380 g/mol. The van der Waals surface area contributed by atoms with Gasteiger partial charge in [0.1, 0.15) is 11.9 Å². The molecule has 3 rings (SSSR count). The first-order valence-corrected chi connectivity index (χ1v) is 10.7. The number of rotatable bonds is 8. The lowest BCUT2D eigenvalue weighted by molar-refractivity contribution is 0.249. The first-order chi connectivity index (χ1) is 13.7. The van der Waals surface area contributed by atoms with Gasteiger partial charge in [-0.25, -0.2) is 14.4 Å². The Hall–Kier alpha value is -2.28. The minimum atomic E-state index is -0.530. The zero-order chi connectivity index (χ0) is 19.8. The van der Waals surface area contributed by atoms with Crippen LogP contribution in [0.25, 0.3) is 11.4 Å². The Balaban J connectivity index is 1.46. The van der Waals surface area contributed by atoms with Crippen molar-refractivity contribution in [2.24, 2.45) is 11.8 Å². The third-order valence-electron chi connectivity index (χ3n) is 6.08. The van der Waals surface area contributed by atoms with E-state index in [0.717, 1.165) is 23.8 Å². The molecule has 0 atom stereocenters. The highest BCUT2D eigenvalue weighted by molar-refractivity contribution is 5.56. The van der Waals surface area contributed by atoms with Crippen LogP contribution in [0.3, 0.4) is 0 Å². The van der Waals surface area contributed by atoms with E-state index in [1.165, 1.54) is 69.9 Å². The van der Waals surface area contributed by atoms with Crippen molar-refractivity contribution in [3.05, 3.63) is 47.5 Å². The number of aromatic nitrogens is 2. The highest BCUT2D eigenvalue weighted by atomic mass is 19.1. The molecule has 0 radical (unpaired) electrons. The van der Waals surface area contributed by atoms with Gasteiger partial charge in [-0.15, -0.1) is 0 Å². The number of unbranched alkanes of at least 4 members (excludes halogenated alkanes) is 2. The van der Waals surface area contributed by atoms with Gasteiger partial charge in [0.05, 0.1) is 5.56 Å². The summed E-state index contributed by atoms with van der Waals surface area (Å²) in [5.41, 5.74) is 1.79. The molecule has 0 bridgehead atoms. The predicted molar refractivity (Wildman–Crippen MR) is 110 cm³/mol. The van der Waals surface area contributed by atoms with E-state index in [4.69, 9.17) is 5.26 Å². The first kappa shape index (κ1) is 20.5. The molecule has 1 aliphatic carbocycles. The molecule has 0 spiro atoms. The maximum Gasteiger partial charge on any atom is 0.159 e. The SMILES string of the molecule is CCCCCC1CCC(CCc2cnc(-c3ccc(C#N)c(F)c3)nc2)CC1. The molecule has 148 valence electrons. The predicted octanol–water partition coefficient (Wildman–Crippen LogP) is 6.47. The molecule has 0 N–H and O–H groups in total. The Bertz CT molecular complexity index is 786. The lowest BCUT2D eigenvalue weighted by atomic mass is 9.78. The molecule has 0 aliphatic heterocycles. The molecule has 1 aromatic heterocycles. The second-order valence-electron chi connectivity index (χ2n) is 8.14. The van der Waals surface area contributed by atoms with Crippen molar-refractivity contribution in [1.82, 2.24) is 9.97 Å². The standard InChI is InChI=1S/C24H30FN3/c1-2-3-4-5-18-6-8-19(9-7-18)10-11-20-16-27-24(28-17-20)21-12-13-22(15-26)23(25)14-21/h12-14,16-19H,2-11H2,1H3. The number of halogens is 1. The van der Waals surface area contributed by atoms with Crippen molar-refractivity contribution < 1.29 is 4.39 Å². The largest absolute Gasteiger partial charge is 0.236 e. The molecular formula is C24H30FN3.